The van der Waals surface area contributed by atoms with Crippen LogP contribution in [0.5, 0.6) is 0 Å². The zero-order valence-corrected chi connectivity index (χ0v) is 11.4. The largest absolute Gasteiger partial charge is 0.444 e. The van der Waals surface area contributed by atoms with Crippen LogP contribution in [0.3, 0.4) is 0 Å². The minimum Gasteiger partial charge on any atom is -0.444 e. The summed E-state index contributed by atoms with van der Waals surface area (Å²) in [4.78, 5) is 25.3. The van der Waals surface area contributed by atoms with Crippen LogP contribution < -0.4 is 5.32 Å². The van der Waals surface area contributed by atoms with Crippen molar-refractivity contribution < 1.29 is 14.3 Å². The summed E-state index contributed by atoms with van der Waals surface area (Å²) < 4.78 is 5.17. The maximum absolute atomic E-state index is 11.5. The molecule has 5 heteroatoms. The van der Waals surface area contributed by atoms with Crippen molar-refractivity contribution in [2.75, 3.05) is 6.54 Å². The van der Waals surface area contributed by atoms with E-state index in [0.29, 0.717) is 12.5 Å². The second kappa shape index (κ2) is 6.55. The standard InChI is InChI=1S/C13H22N2O3/c1-13(2,3)18-12(17)14-8-10-4-6-11(7-5-10)15-9-16/h10-11H,4-8H2,1-3H3,(H,14,17). The van der Waals surface area contributed by atoms with E-state index in [1.54, 1.807) is 6.08 Å². The summed E-state index contributed by atoms with van der Waals surface area (Å²) in [5.74, 6) is 0.454. The number of hydrogen-bond donors (Lipinski definition) is 1. The average Bonchev–Trinajstić information content (AvgIpc) is 2.26. The maximum Gasteiger partial charge on any atom is 0.407 e. The van der Waals surface area contributed by atoms with E-state index in [0.717, 1.165) is 25.7 Å². The van der Waals surface area contributed by atoms with Crippen LogP contribution >= 0.6 is 0 Å². The molecule has 0 saturated heterocycles. The molecule has 0 heterocycles. The van der Waals surface area contributed by atoms with E-state index < -0.39 is 5.60 Å². The fraction of sp³-hybridized carbons (Fsp3) is 0.846. The lowest BCUT2D eigenvalue weighted by molar-refractivity contribution is 0.0515. The Morgan fingerprint density at radius 1 is 1.33 bits per heavy atom. The summed E-state index contributed by atoms with van der Waals surface area (Å²) in [6, 6.07) is 0.125. The van der Waals surface area contributed by atoms with Crippen LogP contribution in [-0.2, 0) is 9.53 Å². The van der Waals surface area contributed by atoms with Gasteiger partial charge in [-0.2, -0.15) is 0 Å². The lowest BCUT2D eigenvalue weighted by Gasteiger charge is -2.26. The highest BCUT2D eigenvalue weighted by atomic mass is 16.6. The second-order valence-corrected chi connectivity index (χ2v) is 5.78. The molecule has 0 bridgehead atoms. The predicted molar refractivity (Wildman–Crippen MR) is 68.1 cm³/mol. The first-order chi connectivity index (χ1) is 8.40. The van der Waals surface area contributed by atoms with Gasteiger partial charge in [0.05, 0.1) is 6.04 Å². The van der Waals surface area contributed by atoms with Crippen LogP contribution in [-0.4, -0.2) is 30.4 Å². The molecule has 5 nitrogen and oxygen atoms in total. The van der Waals surface area contributed by atoms with Crippen LogP contribution in [0.2, 0.25) is 0 Å². The van der Waals surface area contributed by atoms with Gasteiger partial charge in [-0.05, 0) is 52.4 Å². The first kappa shape index (κ1) is 14.7. The molecule has 18 heavy (non-hydrogen) atoms. The van der Waals surface area contributed by atoms with Crippen LogP contribution in [0.4, 0.5) is 4.79 Å². The van der Waals surface area contributed by atoms with E-state index in [2.05, 4.69) is 10.3 Å². The van der Waals surface area contributed by atoms with Crippen molar-refractivity contribution >= 4 is 12.2 Å². The highest BCUT2D eigenvalue weighted by Gasteiger charge is 2.22. The predicted octanol–water partition coefficient (Wildman–Crippen LogP) is 2.41. The first-order valence-corrected chi connectivity index (χ1v) is 6.44. The molecule has 102 valence electrons. The van der Waals surface area contributed by atoms with Gasteiger partial charge in [0.2, 0.25) is 6.08 Å². The van der Waals surface area contributed by atoms with E-state index in [4.69, 9.17) is 4.74 Å². The molecular weight excluding hydrogens is 232 g/mol. The third-order valence-corrected chi connectivity index (χ3v) is 2.99. The van der Waals surface area contributed by atoms with Crippen LogP contribution in [0.25, 0.3) is 0 Å². The summed E-state index contributed by atoms with van der Waals surface area (Å²) >= 11 is 0. The zero-order valence-electron chi connectivity index (χ0n) is 11.4. The molecule has 1 amide bonds. The van der Waals surface area contributed by atoms with Gasteiger partial charge >= 0.3 is 6.09 Å². The number of isocyanates is 1. The molecule has 0 atom stereocenters. The number of aliphatic imine (C=N–C) groups is 1. The lowest BCUT2D eigenvalue weighted by atomic mass is 9.86. The zero-order chi connectivity index (χ0) is 13.6. The minimum atomic E-state index is -0.458. The summed E-state index contributed by atoms with van der Waals surface area (Å²) in [5.41, 5.74) is -0.458. The Morgan fingerprint density at radius 3 is 2.44 bits per heavy atom. The van der Waals surface area contributed by atoms with E-state index in [1.165, 1.54) is 0 Å². The normalized spacial score (nSPS) is 23.9. The van der Waals surface area contributed by atoms with Gasteiger partial charge in [0, 0.05) is 6.54 Å². The minimum absolute atomic E-state index is 0.125. The van der Waals surface area contributed by atoms with Gasteiger partial charge in [0.25, 0.3) is 0 Å². The fourth-order valence-electron chi connectivity index (χ4n) is 2.09. The number of ether oxygens (including phenoxy) is 1. The van der Waals surface area contributed by atoms with Gasteiger partial charge in [-0.1, -0.05) is 0 Å². The van der Waals surface area contributed by atoms with Crippen molar-refractivity contribution in [3.8, 4) is 0 Å². The van der Waals surface area contributed by atoms with Crippen LogP contribution in [0.15, 0.2) is 4.99 Å². The quantitative estimate of drug-likeness (QED) is 0.621. The molecule has 0 aromatic heterocycles. The van der Waals surface area contributed by atoms with E-state index in [1.807, 2.05) is 20.8 Å². The number of alkyl carbamates (subject to hydrolysis) is 1. The van der Waals surface area contributed by atoms with Crippen molar-refractivity contribution in [1.82, 2.24) is 5.32 Å². The SMILES string of the molecule is CC(C)(C)OC(=O)NCC1CCC(N=C=O)CC1. The monoisotopic (exact) mass is 254 g/mol. The van der Waals surface area contributed by atoms with Crippen LogP contribution in [0.1, 0.15) is 46.5 Å². The van der Waals surface area contributed by atoms with Crippen molar-refractivity contribution in [3.63, 3.8) is 0 Å². The average molecular weight is 254 g/mol. The lowest BCUT2D eigenvalue weighted by Crippen LogP contribution is -2.36. The molecule has 1 aliphatic carbocycles. The highest BCUT2D eigenvalue weighted by molar-refractivity contribution is 5.67. The summed E-state index contributed by atoms with van der Waals surface area (Å²) in [6.07, 6.45) is 5.00. The third kappa shape index (κ3) is 5.82. The second-order valence-electron chi connectivity index (χ2n) is 5.78. The molecule has 0 aromatic carbocycles. The highest BCUT2D eigenvalue weighted by Crippen LogP contribution is 2.25. The summed E-state index contributed by atoms with van der Waals surface area (Å²) in [5, 5.41) is 2.79. The van der Waals surface area contributed by atoms with Crippen LogP contribution in [0, 0.1) is 5.92 Å². The number of hydrogen-bond acceptors (Lipinski definition) is 4. The first-order valence-electron chi connectivity index (χ1n) is 6.44. The van der Waals surface area contributed by atoms with E-state index in [-0.39, 0.29) is 12.1 Å². The Balaban J connectivity index is 2.22. The van der Waals surface area contributed by atoms with E-state index in [9.17, 15) is 9.59 Å². The van der Waals surface area contributed by atoms with Gasteiger partial charge in [-0.15, -0.1) is 0 Å². The van der Waals surface area contributed by atoms with Gasteiger partial charge in [-0.25, -0.2) is 14.6 Å². The van der Waals surface area contributed by atoms with Crippen molar-refractivity contribution in [3.05, 3.63) is 0 Å². The molecule has 0 radical (unpaired) electrons. The Bertz CT molecular complexity index is 322. The smallest absolute Gasteiger partial charge is 0.407 e. The third-order valence-electron chi connectivity index (χ3n) is 2.99. The van der Waals surface area contributed by atoms with Gasteiger partial charge in [-0.3, -0.25) is 0 Å². The molecular formula is C13H22N2O3. The molecule has 0 aromatic rings. The molecule has 0 spiro atoms. The van der Waals surface area contributed by atoms with E-state index >= 15 is 0 Å². The Morgan fingerprint density at radius 2 is 1.94 bits per heavy atom. The van der Waals surface area contributed by atoms with Crippen molar-refractivity contribution in [2.45, 2.75) is 58.1 Å². The molecule has 1 aliphatic rings. The number of amides is 1. The van der Waals surface area contributed by atoms with Gasteiger partial charge in [0.15, 0.2) is 0 Å². The number of rotatable bonds is 3. The molecule has 0 aliphatic heterocycles. The summed E-state index contributed by atoms with van der Waals surface area (Å²) in [7, 11) is 0. The van der Waals surface area contributed by atoms with Gasteiger partial charge < -0.3 is 10.1 Å². The van der Waals surface area contributed by atoms with Crippen molar-refractivity contribution in [1.29, 1.82) is 0 Å². The molecule has 1 N–H and O–H groups in total. The molecule has 0 unspecified atom stereocenters. The number of carbonyl (C=O) groups is 1. The van der Waals surface area contributed by atoms with Gasteiger partial charge in [0.1, 0.15) is 5.60 Å². The summed E-state index contributed by atoms with van der Waals surface area (Å²) in [6.45, 7) is 6.16. The topological polar surface area (TPSA) is 67.8 Å². The maximum atomic E-state index is 11.5. The number of carbonyl (C=O) groups excluding carboxylic acids is 2. The number of nitrogens with one attached hydrogen (secondary N) is 1. The Kier molecular flexibility index (Phi) is 5.35. The fourth-order valence-corrected chi connectivity index (χ4v) is 2.09. The Hall–Kier alpha value is -1.35. The number of nitrogens with zero attached hydrogens (tertiary/aromatic N) is 1. The van der Waals surface area contributed by atoms with Crippen molar-refractivity contribution in [2.24, 2.45) is 10.9 Å². The molecule has 1 rings (SSSR count). The molecule has 1 fully saturated rings. The molecule has 1 saturated carbocycles. The Labute approximate surface area is 108 Å².